The Bertz CT molecular complexity index is 1330. The number of para-hydroxylation sites is 1. The molecule has 7 nitrogen and oxygen atoms in total. The minimum absolute atomic E-state index is 0.110. The van der Waals surface area contributed by atoms with Crippen molar-refractivity contribution in [2.45, 2.75) is 26.7 Å². The molecule has 5 rings (SSSR count). The Morgan fingerprint density at radius 3 is 2.67 bits per heavy atom. The number of thiazole rings is 1. The maximum absolute atomic E-state index is 13.2. The molecule has 3 aromatic heterocycles. The molecule has 0 atom stereocenters. The molecular weight excluding hydrogens is 434 g/mol. The molecule has 8 heteroatoms. The Kier molecular flexibility index (Phi) is 5.30. The van der Waals surface area contributed by atoms with Crippen LogP contribution in [-0.4, -0.2) is 26.6 Å². The molecule has 0 saturated heterocycles. The zero-order valence-electron chi connectivity index (χ0n) is 18.3. The summed E-state index contributed by atoms with van der Waals surface area (Å²) >= 11 is 1.27. The van der Waals surface area contributed by atoms with Gasteiger partial charge in [-0.05, 0) is 36.1 Å². The van der Waals surface area contributed by atoms with Crippen LogP contribution in [0.5, 0.6) is 0 Å². The third-order valence-electron chi connectivity index (χ3n) is 5.61. The van der Waals surface area contributed by atoms with E-state index >= 15 is 0 Å². The van der Waals surface area contributed by atoms with Crippen LogP contribution in [0.1, 0.15) is 46.1 Å². The van der Waals surface area contributed by atoms with Gasteiger partial charge in [-0.2, -0.15) is 0 Å². The van der Waals surface area contributed by atoms with E-state index in [2.05, 4.69) is 39.4 Å². The number of anilines is 3. The minimum atomic E-state index is -0.306. The first-order valence-corrected chi connectivity index (χ1v) is 11.5. The van der Waals surface area contributed by atoms with Crippen LogP contribution in [0.25, 0.3) is 11.3 Å². The summed E-state index contributed by atoms with van der Waals surface area (Å²) in [5.41, 5.74) is 4.78. The average molecular weight is 458 g/mol. The van der Waals surface area contributed by atoms with Gasteiger partial charge in [0.05, 0.1) is 16.9 Å². The lowest BCUT2D eigenvalue weighted by Gasteiger charge is -2.28. The number of rotatable bonds is 5. The van der Waals surface area contributed by atoms with Gasteiger partial charge in [0, 0.05) is 41.1 Å². The number of nitrogens with zero attached hydrogens (tertiary/aromatic N) is 2. The molecule has 0 aliphatic heterocycles. The number of aromatic amines is 1. The van der Waals surface area contributed by atoms with Gasteiger partial charge in [0.2, 0.25) is 0 Å². The second-order valence-corrected chi connectivity index (χ2v) is 9.78. The van der Waals surface area contributed by atoms with Crippen LogP contribution < -0.4 is 10.6 Å². The van der Waals surface area contributed by atoms with Crippen LogP contribution in [0, 0.1) is 5.41 Å². The fraction of sp³-hybridized carbons (Fsp3) is 0.200. The number of Topliss-reactive ketones (excluding diaryl/α,β-unsaturated/α-hetero) is 1. The topological polar surface area (TPSA) is 99.8 Å². The second-order valence-electron chi connectivity index (χ2n) is 8.88. The molecular formula is C25H23N5O2S. The van der Waals surface area contributed by atoms with E-state index < -0.39 is 0 Å². The largest absolute Gasteiger partial charge is 0.356 e. The maximum atomic E-state index is 13.2. The molecule has 33 heavy (non-hydrogen) atoms. The van der Waals surface area contributed by atoms with Gasteiger partial charge in [0.25, 0.3) is 5.91 Å². The van der Waals surface area contributed by atoms with E-state index in [1.54, 1.807) is 23.8 Å². The minimum Gasteiger partial charge on any atom is -0.356 e. The Balaban J connectivity index is 1.56. The number of hydrogen-bond donors (Lipinski definition) is 3. The molecule has 3 heterocycles. The molecule has 1 aliphatic rings. The monoisotopic (exact) mass is 457 g/mol. The van der Waals surface area contributed by atoms with Gasteiger partial charge in [-0.3, -0.25) is 9.59 Å². The van der Waals surface area contributed by atoms with Crippen molar-refractivity contribution in [2.75, 3.05) is 10.6 Å². The Labute approximate surface area is 195 Å². The number of nitrogens with one attached hydrogen (secondary N) is 3. The van der Waals surface area contributed by atoms with Crippen LogP contribution >= 0.6 is 11.3 Å². The van der Waals surface area contributed by atoms with Gasteiger partial charge in [-0.15, -0.1) is 11.3 Å². The van der Waals surface area contributed by atoms with Crippen molar-refractivity contribution in [3.63, 3.8) is 0 Å². The van der Waals surface area contributed by atoms with Gasteiger partial charge in [0.15, 0.2) is 10.8 Å². The predicted octanol–water partition coefficient (Wildman–Crippen LogP) is 5.68. The van der Waals surface area contributed by atoms with Crippen molar-refractivity contribution in [1.82, 2.24) is 15.0 Å². The lowest BCUT2D eigenvalue weighted by molar-refractivity contribution is 0.0912. The number of carbonyl (C=O) groups is 2. The Morgan fingerprint density at radius 1 is 1.09 bits per heavy atom. The molecule has 0 saturated carbocycles. The van der Waals surface area contributed by atoms with Crippen molar-refractivity contribution < 1.29 is 9.59 Å². The summed E-state index contributed by atoms with van der Waals surface area (Å²) in [6, 6.07) is 13.4. The quantitative estimate of drug-likeness (QED) is 0.358. The summed E-state index contributed by atoms with van der Waals surface area (Å²) in [5.74, 6) is 0.228. The highest BCUT2D eigenvalue weighted by molar-refractivity contribution is 7.11. The van der Waals surface area contributed by atoms with E-state index in [9.17, 15) is 9.59 Å². The fourth-order valence-corrected chi connectivity index (χ4v) is 4.75. The number of benzene rings is 1. The van der Waals surface area contributed by atoms with E-state index in [0.717, 1.165) is 34.7 Å². The van der Waals surface area contributed by atoms with Crippen LogP contribution in [-0.2, 0) is 6.42 Å². The number of amides is 1. The van der Waals surface area contributed by atoms with Crippen LogP contribution in [0.3, 0.4) is 0 Å². The smallest absolute Gasteiger partial charge is 0.285 e. The molecule has 0 fully saturated rings. The third kappa shape index (κ3) is 4.29. The first kappa shape index (κ1) is 21.1. The number of ketones is 1. The van der Waals surface area contributed by atoms with Crippen LogP contribution in [0.15, 0.2) is 60.2 Å². The molecule has 3 N–H and O–H groups in total. The van der Waals surface area contributed by atoms with Gasteiger partial charge >= 0.3 is 0 Å². The maximum Gasteiger partial charge on any atom is 0.285 e. The van der Waals surface area contributed by atoms with Gasteiger partial charge < -0.3 is 15.6 Å². The number of pyridine rings is 1. The van der Waals surface area contributed by atoms with Gasteiger partial charge in [-0.1, -0.05) is 32.0 Å². The van der Waals surface area contributed by atoms with E-state index in [1.807, 2.05) is 36.4 Å². The molecule has 1 amide bonds. The van der Waals surface area contributed by atoms with Gasteiger partial charge in [0.1, 0.15) is 5.82 Å². The van der Waals surface area contributed by atoms with Crippen molar-refractivity contribution in [3.8, 4) is 11.3 Å². The standard InChI is InChI=1S/C25H23N5O2S/c1-25(2)13-17-20(18(31)14-25)22(28-16-6-4-3-5-7-16)21(29-17)15-8-9-26-19(12-15)30-23(32)24-27-10-11-33-24/h3-12,28-29H,13-14H2,1-2H3,(H,26,30,32). The van der Waals surface area contributed by atoms with Crippen molar-refractivity contribution >= 4 is 40.2 Å². The number of aromatic nitrogens is 3. The molecule has 0 unspecified atom stereocenters. The first-order chi connectivity index (χ1) is 15.9. The number of H-pyrrole nitrogens is 1. The van der Waals surface area contributed by atoms with Crippen LogP contribution in [0.2, 0.25) is 0 Å². The van der Waals surface area contributed by atoms with Crippen LogP contribution in [0.4, 0.5) is 17.2 Å². The van der Waals surface area contributed by atoms with E-state index in [1.165, 1.54) is 11.3 Å². The molecule has 0 radical (unpaired) electrons. The summed E-state index contributed by atoms with van der Waals surface area (Å²) in [7, 11) is 0. The highest BCUT2D eigenvalue weighted by Gasteiger charge is 2.35. The Hall–Kier alpha value is -3.78. The zero-order valence-corrected chi connectivity index (χ0v) is 19.1. The molecule has 1 aromatic carbocycles. The summed E-state index contributed by atoms with van der Waals surface area (Å²) in [4.78, 5) is 37.4. The van der Waals surface area contributed by atoms with Crippen molar-refractivity contribution in [2.24, 2.45) is 5.41 Å². The normalized spacial score (nSPS) is 14.5. The summed E-state index contributed by atoms with van der Waals surface area (Å²) in [6.07, 6.45) is 4.50. The third-order valence-corrected chi connectivity index (χ3v) is 6.38. The highest BCUT2D eigenvalue weighted by atomic mass is 32.1. The summed E-state index contributed by atoms with van der Waals surface area (Å²) < 4.78 is 0. The number of fused-ring (bicyclic) bond motifs is 1. The molecule has 0 spiro atoms. The van der Waals surface area contributed by atoms with E-state index in [-0.39, 0.29) is 17.1 Å². The van der Waals surface area contributed by atoms with Crippen molar-refractivity contribution in [1.29, 1.82) is 0 Å². The predicted molar refractivity (Wildman–Crippen MR) is 130 cm³/mol. The lowest BCUT2D eigenvalue weighted by atomic mass is 9.76. The molecule has 4 aromatic rings. The lowest BCUT2D eigenvalue weighted by Crippen LogP contribution is -2.26. The molecule has 166 valence electrons. The Morgan fingerprint density at radius 2 is 1.91 bits per heavy atom. The molecule has 0 bridgehead atoms. The fourth-order valence-electron chi connectivity index (χ4n) is 4.22. The SMILES string of the molecule is CC1(C)CC(=O)c2c([nH]c(-c3ccnc(NC(=O)c4nccs4)c3)c2Nc2ccccc2)C1. The average Bonchev–Trinajstić information content (AvgIpc) is 3.43. The van der Waals surface area contributed by atoms with Crippen molar-refractivity contribution in [3.05, 3.63) is 76.5 Å². The zero-order chi connectivity index (χ0) is 23.0. The second kappa shape index (κ2) is 8.29. The molecule has 1 aliphatic carbocycles. The number of hydrogen-bond acceptors (Lipinski definition) is 6. The highest BCUT2D eigenvalue weighted by Crippen LogP contribution is 2.43. The van der Waals surface area contributed by atoms with E-state index in [4.69, 9.17) is 0 Å². The summed E-state index contributed by atoms with van der Waals surface area (Å²) in [5, 5.41) is 8.38. The van der Waals surface area contributed by atoms with Gasteiger partial charge in [-0.25, -0.2) is 9.97 Å². The summed E-state index contributed by atoms with van der Waals surface area (Å²) in [6.45, 7) is 4.22. The van der Waals surface area contributed by atoms with E-state index in [0.29, 0.717) is 22.8 Å². The first-order valence-electron chi connectivity index (χ1n) is 10.7. The number of carbonyl (C=O) groups excluding carboxylic acids is 2.